The first-order valence-electron chi connectivity index (χ1n) is 11.7. The summed E-state index contributed by atoms with van der Waals surface area (Å²) in [6.07, 6.45) is -2.77. The summed E-state index contributed by atoms with van der Waals surface area (Å²) >= 11 is 0. The highest BCUT2D eigenvalue weighted by Crippen LogP contribution is 2.45. The Bertz CT molecular complexity index is 1460. The van der Waals surface area contributed by atoms with E-state index in [0.717, 1.165) is 28.6 Å². The molecular formula is C28H24F3N3O3. The van der Waals surface area contributed by atoms with E-state index in [1.54, 1.807) is 35.4 Å². The van der Waals surface area contributed by atoms with Crippen molar-refractivity contribution in [2.75, 3.05) is 25.6 Å². The fourth-order valence-corrected chi connectivity index (χ4v) is 4.99. The monoisotopic (exact) mass is 507 g/mol. The molecule has 5 rings (SSSR count). The number of fused-ring (bicyclic) bond motifs is 2. The average molecular weight is 508 g/mol. The van der Waals surface area contributed by atoms with Crippen LogP contribution in [0.25, 0.3) is 10.9 Å². The van der Waals surface area contributed by atoms with Crippen LogP contribution >= 0.6 is 0 Å². The van der Waals surface area contributed by atoms with E-state index in [0.29, 0.717) is 11.1 Å². The summed E-state index contributed by atoms with van der Waals surface area (Å²) in [6.45, 7) is 0.468. The van der Waals surface area contributed by atoms with Crippen LogP contribution in [0.2, 0.25) is 0 Å². The maximum Gasteiger partial charge on any atom is 0.416 e. The molecule has 1 aromatic heterocycles. The largest absolute Gasteiger partial charge is 0.416 e. The second kappa shape index (κ2) is 9.74. The first kappa shape index (κ1) is 24.6. The van der Waals surface area contributed by atoms with Crippen molar-refractivity contribution < 1.29 is 27.5 Å². The lowest BCUT2D eigenvalue weighted by molar-refractivity contribution is -0.137. The smallest absolute Gasteiger partial charge is 0.383 e. The molecule has 1 aliphatic rings. The highest BCUT2D eigenvalue weighted by atomic mass is 19.4. The van der Waals surface area contributed by atoms with E-state index in [1.807, 2.05) is 24.3 Å². The van der Waals surface area contributed by atoms with Gasteiger partial charge in [-0.05, 0) is 35.9 Å². The van der Waals surface area contributed by atoms with E-state index < -0.39 is 29.6 Å². The lowest BCUT2D eigenvalue weighted by Crippen LogP contribution is -2.47. The van der Waals surface area contributed by atoms with Crippen molar-refractivity contribution in [2.24, 2.45) is 0 Å². The number of ether oxygens (including phenoxy) is 1. The molecule has 0 fully saturated rings. The standard InChI is InChI=1S/C28H24F3N3O3/c1-37-14-13-34-25(22-16-32-23-12-5-4-9-19(22)23)24(20-10-2-3-11-21(20)27(34)36)26(35)33-18-8-6-7-17(15-18)28(29,30)31/h2-12,15-16,24-25,32H,13-14H2,1H3,(H,33,35)/t24-,25+/m1/s1. The highest BCUT2D eigenvalue weighted by Gasteiger charge is 2.45. The molecule has 4 aromatic rings. The first-order chi connectivity index (χ1) is 17.8. The molecule has 190 valence electrons. The van der Waals surface area contributed by atoms with Crippen molar-refractivity contribution in [3.05, 3.63) is 101 Å². The maximum absolute atomic E-state index is 13.9. The molecule has 0 saturated carbocycles. The predicted molar refractivity (Wildman–Crippen MR) is 133 cm³/mol. The van der Waals surface area contributed by atoms with Gasteiger partial charge in [-0.25, -0.2) is 0 Å². The SMILES string of the molecule is COCCN1C(=O)c2ccccc2[C@@H](C(=O)Nc2cccc(C(F)(F)F)c2)[C@@H]1c1c[nH]c2ccccc12. The Kier molecular flexibility index (Phi) is 6.47. The van der Waals surface area contributed by atoms with E-state index in [9.17, 15) is 22.8 Å². The topological polar surface area (TPSA) is 74.4 Å². The zero-order chi connectivity index (χ0) is 26.2. The number of hydrogen-bond acceptors (Lipinski definition) is 3. The van der Waals surface area contributed by atoms with Crippen molar-refractivity contribution in [3.63, 3.8) is 0 Å². The number of hydrogen-bond donors (Lipinski definition) is 2. The molecule has 2 amide bonds. The number of aromatic amines is 1. The Labute approximate surface area is 211 Å². The molecule has 1 aliphatic heterocycles. The van der Waals surface area contributed by atoms with Gasteiger partial charge in [-0.2, -0.15) is 13.2 Å². The van der Waals surface area contributed by atoms with Crippen LogP contribution in [0, 0.1) is 0 Å². The van der Waals surface area contributed by atoms with Gasteiger partial charge in [0.05, 0.1) is 24.1 Å². The van der Waals surface area contributed by atoms with Crippen LogP contribution in [0.5, 0.6) is 0 Å². The number of carbonyl (C=O) groups is 2. The first-order valence-corrected chi connectivity index (χ1v) is 11.7. The normalized spacial score (nSPS) is 17.6. The molecule has 0 unspecified atom stereocenters. The third kappa shape index (κ3) is 4.58. The number of amides is 2. The molecule has 0 aliphatic carbocycles. The number of benzene rings is 3. The van der Waals surface area contributed by atoms with Gasteiger partial charge in [-0.1, -0.05) is 42.5 Å². The van der Waals surface area contributed by atoms with Crippen molar-refractivity contribution in [3.8, 4) is 0 Å². The summed E-state index contributed by atoms with van der Waals surface area (Å²) in [6, 6.07) is 18.2. The molecule has 3 aromatic carbocycles. The second-order valence-corrected chi connectivity index (χ2v) is 8.86. The molecule has 9 heteroatoms. The number of nitrogens with zero attached hydrogens (tertiary/aromatic N) is 1. The quantitative estimate of drug-likeness (QED) is 0.349. The van der Waals surface area contributed by atoms with Gasteiger partial charge in [0.25, 0.3) is 5.91 Å². The van der Waals surface area contributed by atoms with Crippen LogP contribution in [0.3, 0.4) is 0 Å². The molecule has 0 spiro atoms. The number of methoxy groups -OCH3 is 1. The van der Waals surface area contributed by atoms with Crippen molar-refractivity contribution >= 4 is 28.4 Å². The molecule has 2 heterocycles. The van der Waals surface area contributed by atoms with Gasteiger partial charge in [-0.3, -0.25) is 9.59 Å². The average Bonchev–Trinajstić information content (AvgIpc) is 3.31. The van der Waals surface area contributed by atoms with Gasteiger partial charge in [0.2, 0.25) is 5.91 Å². The summed E-state index contributed by atoms with van der Waals surface area (Å²) in [7, 11) is 1.53. The van der Waals surface area contributed by atoms with E-state index in [1.165, 1.54) is 19.2 Å². The fourth-order valence-electron chi connectivity index (χ4n) is 4.99. The molecular weight excluding hydrogens is 483 g/mol. The van der Waals surface area contributed by atoms with E-state index >= 15 is 0 Å². The molecule has 0 radical (unpaired) electrons. The number of halogens is 3. The summed E-state index contributed by atoms with van der Waals surface area (Å²) in [4.78, 5) is 32.4. The summed E-state index contributed by atoms with van der Waals surface area (Å²) in [5.41, 5.74) is 1.63. The molecule has 37 heavy (non-hydrogen) atoms. The van der Waals surface area contributed by atoms with Crippen LogP contribution in [-0.4, -0.2) is 42.0 Å². The molecule has 2 atom stereocenters. The Morgan fingerprint density at radius 1 is 1.03 bits per heavy atom. The lowest BCUT2D eigenvalue weighted by Gasteiger charge is -2.41. The lowest BCUT2D eigenvalue weighted by atomic mass is 9.79. The van der Waals surface area contributed by atoms with E-state index in [-0.39, 0.29) is 24.7 Å². The maximum atomic E-state index is 13.9. The van der Waals surface area contributed by atoms with Crippen molar-refractivity contribution in [2.45, 2.75) is 18.1 Å². The Balaban J connectivity index is 1.64. The fraction of sp³-hybridized carbons (Fsp3) is 0.214. The minimum atomic E-state index is -4.55. The van der Waals surface area contributed by atoms with E-state index in [2.05, 4.69) is 10.3 Å². The van der Waals surface area contributed by atoms with Gasteiger partial charge in [0.1, 0.15) is 0 Å². The van der Waals surface area contributed by atoms with Crippen molar-refractivity contribution in [1.29, 1.82) is 0 Å². The minimum Gasteiger partial charge on any atom is -0.383 e. The summed E-state index contributed by atoms with van der Waals surface area (Å²) in [5.74, 6) is -1.65. The number of alkyl halides is 3. The number of H-pyrrole nitrogens is 1. The van der Waals surface area contributed by atoms with Crippen molar-refractivity contribution in [1.82, 2.24) is 9.88 Å². The third-order valence-electron chi connectivity index (χ3n) is 6.65. The zero-order valence-corrected chi connectivity index (χ0v) is 19.9. The van der Waals surface area contributed by atoms with Gasteiger partial charge in [0, 0.05) is 47.6 Å². The predicted octanol–water partition coefficient (Wildman–Crippen LogP) is 5.75. The Hall–Kier alpha value is -4.11. The van der Waals surface area contributed by atoms with E-state index in [4.69, 9.17) is 4.74 Å². The number of nitrogens with one attached hydrogen (secondary N) is 2. The minimum absolute atomic E-state index is 0.0234. The van der Waals surface area contributed by atoms with Crippen LogP contribution < -0.4 is 5.32 Å². The molecule has 0 bridgehead atoms. The van der Waals surface area contributed by atoms with Crippen LogP contribution in [0.15, 0.2) is 79.0 Å². The second-order valence-electron chi connectivity index (χ2n) is 8.86. The Morgan fingerprint density at radius 3 is 2.57 bits per heavy atom. The van der Waals surface area contributed by atoms with Crippen LogP contribution in [0.1, 0.15) is 39.0 Å². The summed E-state index contributed by atoms with van der Waals surface area (Å²) in [5, 5.41) is 3.52. The van der Waals surface area contributed by atoms with Gasteiger partial charge >= 0.3 is 6.18 Å². The van der Waals surface area contributed by atoms with Crippen LogP contribution in [-0.2, 0) is 15.7 Å². The Morgan fingerprint density at radius 2 is 1.78 bits per heavy atom. The number of para-hydroxylation sites is 1. The number of aromatic nitrogens is 1. The molecule has 2 N–H and O–H groups in total. The van der Waals surface area contributed by atoms with Gasteiger partial charge in [0.15, 0.2) is 0 Å². The zero-order valence-electron chi connectivity index (χ0n) is 19.9. The number of carbonyl (C=O) groups excluding carboxylic acids is 2. The van der Waals surface area contributed by atoms with Gasteiger partial charge < -0.3 is 19.9 Å². The number of rotatable bonds is 6. The molecule has 0 saturated heterocycles. The number of anilines is 1. The highest BCUT2D eigenvalue weighted by molar-refractivity contribution is 6.05. The molecule has 6 nitrogen and oxygen atoms in total. The summed E-state index contributed by atoms with van der Waals surface area (Å²) < 4.78 is 45.1. The van der Waals surface area contributed by atoms with Crippen LogP contribution in [0.4, 0.5) is 18.9 Å². The third-order valence-corrected chi connectivity index (χ3v) is 6.65. The van der Waals surface area contributed by atoms with Gasteiger partial charge in [-0.15, -0.1) is 0 Å².